The summed E-state index contributed by atoms with van der Waals surface area (Å²) >= 11 is 0. The molecule has 0 bridgehead atoms. The molecule has 5 heteroatoms. The lowest BCUT2D eigenvalue weighted by molar-refractivity contribution is 0.0756. The lowest BCUT2D eigenvalue weighted by atomic mass is 10.2. The number of aromatic amines is 1. The second kappa shape index (κ2) is 6.33. The van der Waals surface area contributed by atoms with Crippen LogP contribution in [0.5, 0.6) is 0 Å². The summed E-state index contributed by atoms with van der Waals surface area (Å²) in [6.07, 6.45) is 1.03. The number of nitrogens with one attached hydrogen (secondary N) is 2. The zero-order valence-electron chi connectivity index (χ0n) is 11.3. The van der Waals surface area contributed by atoms with Gasteiger partial charge in [0.05, 0.1) is 11.6 Å². The molecule has 0 unspecified atom stereocenters. The number of hydrogen-bond donors (Lipinski definition) is 2. The number of benzene rings is 1. The number of carbonyl (C=O) groups is 1. The number of rotatable bonds is 6. The Bertz CT molecular complexity index is 548. The molecule has 2 N–H and O–H groups in total. The fourth-order valence-corrected chi connectivity index (χ4v) is 1.81. The number of ether oxygens (including phenoxy) is 1. The number of hydrogen-bond acceptors (Lipinski definition) is 3. The summed E-state index contributed by atoms with van der Waals surface area (Å²) < 4.78 is 5.41. The topological polar surface area (TPSA) is 67.0 Å². The van der Waals surface area contributed by atoms with E-state index in [1.807, 2.05) is 38.1 Å². The smallest absolute Gasteiger partial charge is 0.272 e. The molecular formula is C14H19N3O2. The number of H-pyrrole nitrogens is 1. The van der Waals surface area contributed by atoms with Gasteiger partial charge >= 0.3 is 0 Å². The SMILES string of the molecule is CC(C)OCCCNC(=O)c1n[nH]c2ccccc12. The molecule has 0 fully saturated rings. The van der Waals surface area contributed by atoms with Crippen molar-refractivity contribution in [2.75, 3.05) is 13.2 Å². The lowest BCUT2D eigenvalue weighted by Gasteiger charge is -2.07. The van der Waals surface area contributed by atoms with Gasteiger partial charge in [0.15, 0.2) is 5.69 Å². The van der Waals surface area contributed by atoms with Crippen LogP contribution in [0.3, 0.4) is 0 Å². The largest absolute Gasteiger partial charge is 0.379 e. The highest BCUT2D eigenvalue weighted by Crippen LogP contribution is 2.14. The van der Waals surface area contributed by atoms with E-state index in [0.717, 1.165) is 17.3 Å². The predicted octanol–water partition coefficient (Wildman–Crippen LogP) is 2.11. The Hall–Kier alpha value is -1.88. The maximum Gasteiger partial charge on any atom is 0.272 e. The monoisotopic (exact) mass is 261 g/mol. The van der Waals surface area contributed by atoms with E-state index in [-0.39, 0.29) is 12.0 Å². The summed E-state index contributed by atoms with van der Waals surface area (Å²) in [6, 6.07) is 7.59. The number of nitrogens with zero attached hydrogens (tertiary/aromatic N) is 1. The molecule has 1 amide bonds. The Morgan fingerprint density at radius 1 is 1.42 bits per heavy atom. The third-order valence-corrected chi connectivity index (χ3v) is 2.74. The van der Waals surface area contributed by atoms with E-state index >= 15 is 0 Å². The van der Waals surface area contributed by atoms with Crippen molar-refractivity contribution in [2.24, 2.45) is 0 Å². The van der Waals surface area contributed by atoms with Crippen molar-refractivity contribution in [3.63, 3.8) is 0 Å². The van der Waals surface area contributed by atoms with Gasteiger partial charge in [0, 0.05) is 18.5 Å². The number of para-hydroxylation sites is 1. The normalized spacial score (nSPS) is 11.1. The molecule has 0 aliphatic rings. The zero-order chi connectivity index (χ0) is 13.7. The molecule has 102 valence electrons. The fraction of sp³-hybridized carbons (Fsp3) is 0.429. The third-order valence-electron chi connectivity index (χ3n) is 2.74. The molecule has 0 aliphatic carbocycles. The standard InChI is InChI=1S/C14H19N3O2/c1-10(2)19-9-5-8-15-14(18)13-11-6-3-4-7-12(11)16-17-13/h3-4,6-7,10H,5,8-9H2,1-2H3,(H,15,18)(H,16,17). The van der Waals surface area contributed by atoms with Crippen LogP contribution in [0.2, 0.25) is 0 Å². The minimum absolute atomic E-state index is 0.151. The minimum atomic E-state index is -0.151. The first-order chi connectivity index (χ1) is 9.18. The summed E-state index contributed by atoms with van der Waals surface area (Å²) in [5, 5.41) is 10.6. The van der Waals surface area contributed by atoms with Crippen molar-refractivity contribution >= 4 is 16.8 Å². The number of fused-ring (bicyclic) bond motifs is 1. The highest BCUT2D eigenvalue weighted by molar-refractivity contribution is 6.04. The van der Waals surface area contributed by atoms with E-state index in [2.05, 4.69) is 15.5 Å². The molecule has 0 spiro atoms. The van der Waals surface area contributed by atoms with Crippen molar-refractivity contribution < 1.29 is 9.53 Å². The van der Waals surface area contributed by atoms with Crippen LogP contribution < -0.4 is 5.32 Å². The van der Waals surface area contributed by atoms with Crippen LogP contribution in [0.1, 0.15) is 30.8 Å². The summed E-state index contributed by atoms with van der Waals surface area (Å²) in [4.78, 5) is 12.0. The van der Waals surface area contributed by atoms with Gasteiger partial charge in [-0.15, -0.1) is 0 Å². The molecule has 0 aliphatic heterocycles. The molecular weight excluding hydrogens is 242 g/mol. The average molecular weight is 261 g/mol. The molecule has 19 heavy (non-hydrogen) atoms. The molecule has 0 atom stereocenters. The van der Waals surface area contributed by atoms with E-state index in [0.29, 0.717) is 18.8 Å². The summed E-state index contributed by atoms with van der Waals surface area (Å²) in [6.45, 7) is 5.23. The van der Waals surface area contributed by atoms with Gasteiger partial charge in [-0.1, -0.05) is 18.2 Å². The Labute approximate surface area is 112 Å². The third kappa shape index (κ3) is 3.54. The van der Waals surface area contributed by atoms with E-state index < -0.39 is 0 Å². The minimum Gasteiger partial charge on any atom is -0.379 e. The van der Waals surface area contributed by atoms with Crippen molar-refractivity contribution in [3.05, 3.63) is 30.0 Å². The van der Waals surface area contributed by atoms with Crippen molar-refractivity contribution in [1.82, 2.24) is 15.5 Å². The van der Waals surface area contributed by atoms with Crippen LogP contribution in [0.15, 0.2) is 24.3 Å². The van der Waals surface area contributed by atoms with Crippen molar-refractivity contribution in [3.8, 4) is 0 Å². The number of amides is 1. The van der Waals surface area contributed by atoms with Gasteiger partial charge in [-0.25, -0.2) is 0 Å². The van der Waals surface area contributed by atoms with E-state index in [1.165, 1.54) is 0 Å². The van der Waals surface area contributed by atoms with Crippen LogP contribution >= 0.6 is 0 Å². The first-order valence-corrected chi connectivity index (χ1v) is 6.51. The van der Waals surface area contributed by atoms with Crippen LogP contribution in [0.4, 0.5) is 0 Å². The fourth-order valence-electron chi connectivity index (χ4n) is 1.81. The predicted molar refractivity (Wildman–Crippen MR) is 74.1 cm³/mol. The van der Waals surface area contributed by atoms with Crippen LogP contribution in [-0.2, 0) is 4.74 Å². The van der Waals surface area contributed by atoms with Gasteiger partial charge in [-0.3, -0.25) is 9.89 Å². The van der Waals surface area contributed by atoms with Gasteiger partial charge in [0.1, 0.15) is 0 Å². The molecule has 1 aromatic heterocycles. The summed E-state index contributed by atoms with van der Waals surface area (Å²) in [7, 11) is 0. The molecule has 0 saturated heterocycles. The Balaban J connectivity index is 1.86. The summed E-state index contributed by atoms with van der Waals surface area (Å²) in [5.41, 5.74) is 1.32. The second-order valence-corrected chi connectivity index (χ2v) is 4.65. The van der Waals surface area contributed by atoms with Gasteiger partial charge < -0.3 is 10.1 Å². The molecule has 5 nitrogen and oxygen atoms in total. The molecule has 1 aromatic carbocycles. The zero-order valence-corrected chi connectivity index (χ0v) is 11.3. The number of aromatic nitrogens is 2. The van der Waals surface area contributed by atoms with Crippen LogP contribution in [-0.4, -0.2) is 35.4 Å². The molecule has 2 rings (SSSR count). The van der Waals surface area contributed by atoms with E-state index in [1.54, 1.807) is 0 Å². The van der Waals surface area contributed by atoms with Gasteiger partial charge in [0.2, 0.25) is 0 Å². The van der Waals surface area contributed by atoms with Crippen molar-refractivity contribution in [2.45, 2.75) is 26.4 Å². The van der Waals surface area contributed by atoms with E-state index in [9.17, 15) is 4.79 Å². The molecule has 0 saturated carbocycles. The lowest BCUT2D eigenvalue weighted by Crippen LogP contribution is -2.26. The Kier molecular flexibility index (Phi) is 4.52. The Morgan fingerprint density at radius 3 is 3.00 bits per heavy atom. The van der Waals surface area contributed by atoms with Gasteiger partial charge in [-0.05, 0) is 26.3 Å². The molecule has 1 heterocycles. The van der Waals surface area contributed by atoms with Crippen LogP contribution in [0.25, 0.3) is 10.9 Å². The second-order valence-electron chi connectivity index (χ2n) is 4.65. The first kappa shape index (κ1) is 13.5. The average Bonchev–Trinajstić information content (AvgIpc) is 2.81. The highest BCUT2D eigenvalue weighted by Gasteiger charge is 2.12. The first-order valence-electron chi connectivity index (χ1n) is 6.51. The maximum atomic E-state index is 12.0. The van der Waals surface area contributed by atoms with E-state index in [4.69, 9.17) is 4.74 Å². The van der Waals surface area contributed by atoms with Crippen LogP contribution in [0, 0.1) is 0 Å². The molecule has 2 aromatic rings. The summed E-state index contributed by atoms with van der Waals surface area (Å²) in [5.74, 6) is -0.151. The van der Waals surface area contributed by atoms with Crippen molar-refractivity contribution in [1.29, 1.82) is 0 Å². The molecule has 0 radical (unpaired) electrons. The Morgan fingerprint density at radius 2 is 2.21 bits per heavy atom. The maximum absolute atomic E-state index is 12.0. The van der Waals surface area contributed by atoms with Gasteiger partial charge in [0.25, 0.3) is 5.91 Å². The quantitative estimate of drug-likeness (QED) is 0.783. The highest BCUT2D eigenvalue weighted by atomic mass is 16.5. The van der Waals surface area contributed by atoms with Gasteiger partial charge in [-0.2, -0.15) is 5.10 Å². The number of carbonyl (C=O) groups excluding carboxylic acids is 1.